The van der Waals surface area contributed by atoms with Gasteiger partial charge in [0.25, 0.3) is 0 Å². The van der Waals surface area contributed by atoms with E-state index in [1.807, 2.05) is 6.92 Å². The molecule has 0 saturated heterocycles. The Balaban J connectivity index is 2.07. The molecular weight excluding hydrogens is 286 g/mol. The summed E-state index contributed by atoms with van der Waals surface area (Å²) < 4.78 is 0. The van der Waals surface area contributed by atoms with E-state index in [9.17, 15) is 5.11 Å². The van der Waals surface area contributed by atoms with Crippen molar-refractivity contribution in [2.75, 3.05) is 11.9 Å². The fourth-order valence-electron chi connectivity index (χ4n) is 2.59. The number of nitrogens with one attached hydrogen (secondary N) is 1. The molecule has 4 nitrogen and oxygen atoms in total. The lowest BCUT2D eigenvalue weighted by Crippen LogP contribution is -2.25. The molecule has 1 saturated carbocycles. The van der Waals surface area contributed by atoms with E-state index in [0.717, 1.165) is 49.4 Å². The maximum Gasteiger partial charge on any atom is 0.137 e. The summed E-state index contributed by atoms with van der Waals surface area (Å²) in [6, 6.07) is 0. The van der Waals surface area contributed by atoms with Crippen LogP contribution in [0.15, 0.2) is 0 Å². The molecule has 1 heterocycles. The molecule has 0 spiro atoms. The first-order valence-corrected chi connectivity index (χ1v) is 8.11. The summed E-state index contributed by atoms with van der Waals surface area (Å²) in [7, 11) is 0. The highest BCUT2D eigenvalue weighted by atomic mass is 35.5. The van der Waals surface area contributed by atoms with E-state index in [-0.39, 0.29) is 11.5 Å². The molecule has 21 heavy (non-hydrogen) atoms. The number of aliphatic hydroxyl groups is 1. The molecule has 1 aromatic heterocycles. The van der Waals surface area contributed by atoms with Crippen LogP contribution < -0.4 is 5.32 Å². The third kappa shape index (κ3) is 4.30. The van der Waals surface area contributed by atoms with Crippen molar-refractivity contribution in [2.24, 2.45) is 5.92 Å². The second-order valence-corrected chi connectivity index (χ2v) is 7.48. The van der Waals surface area contributed by atoms with Gasteiger partial charge in [-0.2, -0.15) is 0 Å². The van der Waals surface area contributed by atoms with Crippen LogP contribution in [0.2, 0.25) is 5.15 Å². The Bertz CT molecular complexity index is 491. The van der Waals surface area contributed by atoms with Crippen LogP contribution in [-0.2, 0) is 5.41 Å². The van der Waals surface area contributed by atoms with Gasteiger partial charge < -0.3 is 10.4 Å². The molecule has 0 bridgehead atoms. The molecule has 0 unspecified atom stereocenters. The summed E-state index contributed by atoms with van der Waals surface area (Å²) in [5.74, 6) is 2.20. The molecule has 0 aliphatic heterocycles. The van der Waals surface area contributed by atoms with Crippen molar-refractivity contribution in [3.8, 4) is 0 Å². The lowest BCUT2D eigenvalue weighted by atomic mass is 9.87. The molecular formula is C16H26ClN3O. The summed E-state index contributed by atoms with van der Waals surface area (Å²) in [5.41, 5.74) is 0.781. The van der Waals surface area contributed by atoms with Crippen LogP contribution in [0.1, 0.15) is 57.8 Å². The molecule has 1 aromatic rings. The number of aromatic nitrogens is 2. The van der Waals surface area contributed by atoms with Gasteiger partial charge in [-0.1, -0.05) is 32.4 Å². The summed E-state index contributed by atoms with van der Waals surface area (Å²) in [6.45, 7) is 9.08. The Morgan fingerprint density at radius 1 is 1.19 bits per heavy atom. The number of halogens is 1. The van der Waals surface area contributed by atoms with Crippen molar-refractivity contribution in [2.45, 2.75) is 64.9 Å². The highest BCUT2D eigenvalue weighted by Crippen LogP contribution is 2.28. The van der Waals surface area contributed by atoms with Gasteiger partial charge in [0.2, 0.25) is 0 Å². The number of nitrogens with zero attached hydrogens (tertiary/aromatic N) is 2. The van der Waals surface area contributed by atoms with Gasteiger partial charge in [-0.05, 0) is 38.5 Å². The van der Waals surface area contributed by atoms with Gasteiger partial charge >= 0.3 is 0 Å². The Morgan fingerprint density at radius 3 is 2.38 bits per heavy atom. The second-order valence-electron chi connectivity index (χ2n) is 7.12. The average molecular weight is 312 g/mol. The molecule has 0 amide bonds. The number of hydrogen-bond acceptors (Lipinski definition) is 4. The molecule has 5 heteroatoms. The quantitative estimate of drug-likeness (QED) is 0.836. The summed E-state index contributed by atoms with van der Waals surface area (Å²) in [4.78, 5) is 9.04. The van der Waals surface area contributed by atoms with Crippen LogP contribution in [0, 0.1) is 12.8 Å². The van der Waals surface area contributed by atoms with Gasteiger partial charge in [0.15, 0.2) is 0 Å². The van der Waals surface area contributed by atoms with Gasteiger partial charge in [-0.25, -0.2) is 9.97 Å². The fourth-order valence-corrected chi connectivity index (χ4v) is 2.76. The van der Waals surface area contributed by atoms with Crippen molar-refractivity contribution in [3.05, 3.63) is 16.5 Å². The minimum atomic E-state index is -0.122. The van der Waals surface area contributed by atoms with E-state index in [4.69, 9.17) is 11.6 Å². The van der Waals surface area contributed by atoms with Crippen LogP contribution >= 0.6 is 11.6 Å². The van der Waals surface area contributed by atoms with E-state index in [2.05, 4.69) is 36.1 Å². The smallest absolute Gasteiger partial charge is 0.137 e. The zero-order valence-electron chi connectivity index (χ0n) is 13.4. The topological polar surface area (TPSA) is 58.0 Å². The highest BCUT2D eigenvalue weighted by Gasteiger charge is 2.22. The monoisotopic (exact) mass is 311 g/mol. The third-order valence-corrected chi connectivity index (χ3v) is 4.50. The van der Waals surface area contributed by atoms with E-state index < -0.39 is 0 Å². The van der Waals surface area contributed by atoms with Crippen molar-refractivity contribution in [1.29, 1.82) is 0 Å². The predicted octanol–water partition coefficient (Wildman–Crippen LogP) is 3.70. The molecule has 2 rings (SSSR count). The molecule has 1 fully saturated rings. The van der Waals surface area contributed by atoms with Crippen LogP contribution in [0.5, 0.6) is 0 Å². The Labute approximate surface area is 132 Å². The Kier molecular flexibility index (Phi) is 5.10. The SMILES string of the molecule is Cc1c(Cl)nc(C(C)(C)C)nc1NCC1CCC(O)CC1. The first-order valence-electron chi connectivity index (χ1n) is 7.74. The van der Waals surface area contributed by atoms with Gasteiger partial charge in [0.1, 0.15) is 16.8 Å². The molecule has 1 aliphatic rings. The summed E-state index contributed by atoms with van der Waals surface area (Å²) >= 11 is 6.24. The number of rotatable bonds is 3. The second kappa shape index (κ2) is 6.49. The van der Waals surface area contributed by atoms with Gasteiger partial charge in [0.05, 0.1) is 6.10 Å². The molecule has 2 N–H and O–H groups in total. The lowest BCUT2D eigenvalue weighted by Gasteiger charge is -2.26. The molecule has 118 valence electrons. The normalized spacial score (nSPS) is 23.1. The van der Waals surface area contributed by atoms with Crippen LogP contribution in [0.25, 0.3) is 0 Å². The standard InChI is InChI=1S/C16H26ClN3O/c1-10-13(17)19-15(16(2,3)4)20-14(10)18-9-11-5-7-12(21)8-6-11/h11-12,21H,5-9H2,1-4H3,(H,18,19,20). The molecule has 1 aliphatic carbocycles. The van der Waals surface area contributed by atoms with Crippen molar-refractivity contribution in [1.82, 2.24) is 9.97 Å². The van der Waals surface area contributed by atoms with E-state index in [1.54, 1.807) is 0 Å². The van der Waals surface area contributed by atoms with E-state index >= 15 is 0 Å². The minimum Gasteiger partial charge on any atom is -0.393 e. The summed E-state index contributed by atoms with van der Waals surface area (Å²) in [5, 5.41) is 13.5. The number of aliphatic hydroxyl groups excluding tert-OH is 1. The largest absolute Gasteiger partial charge is 0.393 e. The Hall–Kier alpha value is -0.870. The average Bonchev–Trinajstić information content (AvgIpc) is 2.41. The van der Waals surface area contributed by atoms with Gasteiger partial charge in [-0.3, -0.25) is 0 Å². The lowest BCUT2D eigenvalue weighted by molar-refractivity contribution is 0.111. The van der Waals surface area contributed by atoms with Crippen LogP contribution in [-0.4, -0.2) is 27.7 Å². The van der Waals surface area contributed by atoms with E-state index in [0.29, 0.717) is 11.1 Å². The zero-order chi connectivity index (χ0) is 15.6. The zero-order valence-corrected chi connectivity index (χ0v) is 14.2. The highest BCUT2D eigenvalue weighted by molar-refractivity contribution is 6.30. The number of anilines is 1. The summed E-state index contributed by atoms with van der Waals surface area (Å²) in [6.07, 6.45) is 3.84. The molecule has 0 radical (unpaired) electrons. The fraction of sp³-hybridized carbons (Fsp3) is 0.750. The Morgan fingerprint density at radius 2 is 1.81 bits per heavy atom. The predicted molar refractivity (Wildman–Crippen MR) is 86.9 cm³/mol. The van der Waals surface area contributed by atoms with Gasteiger partial charge in [0, 0.05) is 17.5 Å². The molecule has 0 atom stereocenters. The van der Waals surface area contributed by atoms with Crippen molar-refractivity contribution >= 4 is 17.4 Å². The maximum absolute atomic E-state index is 9.56. The third-order valence-electron chi connectivity index (χ3n) is 4.13. The van der Waals surface area contributed by atoms with Gasteiger partial charge in [-0.15, -0.1) is 0 Å². The molecule has 0 aromatic carbocycles. The van der Waals surface area contributed by atoms with Crippen LogP contribution in [0.4, 0.5) is 5.82 Å². The maximum atomic E-state index is 9.56. The number of hydrogen-bond donors (Lipinski definition) is 2. The minimum absolute atomic E-state index is 0.107. The van der Waals surface area contributed by atoms with Crippen LogP contribution in [0.3, 0.4) is 0 Å². The van der Waals surface area contributed by atoms with Crippen molar-refractivity contribution < 1.29 is 5.11 Å². The van der Waals surface area contributed by atoms with E-state index in [1.165, 1.54) is 0 Å². The first kappa shape index (κ1) is 16.5. The van der Waals surface area contributed by atoms with Crippen molar-refractivity contribution in [3.63, 3.8) is 0 Å². The first-order chi connectivity index (χ1) is 9.77.